The van der Waals surface area contributed by atoms with Gasteiger partial charge >= 0.3 is 0 Å². The second-order valence-electron chi connectivity index (χ2n) is 5.09. The highest BCUT2D eigenvalue weighted by Gasteiger charge is 2.41. The maximum Gasteiger partial charge on any atom is 0.125 e. The molecule has 0 aromatic carbocycles. The first-order valence-corrected chi connectivity index (χ1v) is 5.41. The van der Waals surface area contributed by atoms with Crippen molar-refractivity contribution in [2.75, 3.05) is 0 Å². The lowest BCUT2D eigenvalue weighted by Gasteiger charge is -2.18. The first-order chi connectivity index (χ1) is 6.42. The van der Waals surface area contributed by atoms with Crippen LogP contribution in [-0.2, 0) is 0 Å². The van der Waals surface area contributed by atoms with Gasteiger partial charge in [0.05, 0.1) is 0 Å². The molecule has 0 radical (unpaired) electrons. The Morgan fingerprint density at radius 3 is 1.36 bits per heavy atom. The number of hydrogen-bond donors (Lipinski definition) is 2. The lowest BCUT2D eigenvalue weighted by molar-refractivity contribution is 0.0861. The lowest BCUT2D eigenvalue weighted by atomic mass is 9.96. The van der Waals surface area contributed by atoms with E-state index in [4.69, 9.17) is 0 Å². The van der Waals surface area contributed by atoms with Crippen molar-refractivity contribution in [1.29, 1.82) is 0 Å². The van der Waals surface area contributed by atoms with Crippen LogP contribution < -0.4 is 0 Å². The van der Waals surface area contributed by atoms with Gasteiger partial charge in [0, 0.05) is 0 Å². The molecule has 2 atom stereocenters. The summed E-state index contributed by atoms with van der Waals surface area (Å²) in [4.78, 5) is 0. The van der Waals surface area contributed by atoms with Crippen molar-refractivity contribution in [1.82, 2.24) is 0 Å². The van der Waals surface area contributed by atoms with E-state index >= 15 is 0 Å². The zero-order valence-corrected chi connectivity index (χ0v) is 8.88. The molecule has 78 valence electrons. The van der Waals surface area contributed by atoms with E-state index < -0.39 is 11.2 Å². The Bertz CT molecular complexity index is 257. The van der Waals surface area contributed by atoms with E-state index in [2.05, 4.69) is 11.8 Å². The normalized spacial score (nSPS) is 29.7. The Kier molecular flexibility index (Phi) is 2.13. The summed E-state index contributed by atoms with van der Waals surface area (Å²) in [5.41, 5.74) is -1.78. The minimum absolute atomic E-state index is 0.324. The fraction of sp³-hybridized carbons (Fsp3) is 0.833. The molecule has 0 amide bonds. The second-order valence-corrected chi connectivity index (χ2v) is 5.09. The molecule has 0 aliphatic heterocycles. The van der Waals surface area contributed by atoms with Crippen LogP contribution in [0.25, 0.3) is 0 Å². The van der Waals surface area contributed by atoms with Crippen LogP contribution in [0.4, 0.5) is 0 Å². The summed E-state index contributed by atoms with van der Waals surface area (Å²) in [6.07, 6.45) is 4.25. The van der Waals surface area contributed by atoms with Crippen LogP contribution in [-0.4, -0.2) is 21.4 Å². The Morgan fingerprint density at radius 2 is 1.14 bits per heavy atom. The standard InChI is InChI=1S/C12H18O2/c1-11(13,9-3-4-9)7-8-12(2,14)10-5-6-10/h9-10,13-14H,3-6H2,1-2H3/t11-,12+. The van der Waals surface area contributed by atoms with Gasteiger partial charge in [0.25, 0.3) is 0 Å². The summed E-state index contributed by atoms with van der Waals surface area (Å²) in [7, 11) is 0. The van der Waals surface area contributed by atoms with Crippen LogP contribution in [0.3, 0.4) is 0 Å². The summed E-state index contributed by atoms with van der Waals surface area (Å²) >= 11 is 0. The maximum absolute atomic E-state index is 9.94. The van der Waals surface area contributed by atoms with Crippen molar-refractivity contribution in [3.63, 3.8) is 0 Å². The predicted octanol–water partition coefficient (Wildman–Crippen LogP) is 1.31. The molecule has 14 heavy (non-hydrogen) atoms. The van der Waals surface area contributed by atoms with Gasteiger partial charge in [0.2, 0.25) is 0 Å². The Balaban J connectivity index is 2.03. The second kappa shape index (κ2) is 2.98. The zero-order valence-electron chi connectivity index (χ0n) is 8.88. The van der Waals surface area contributed by atoms with Gasteiger partial charge in [-0.3, -0.25) is 0 Å². The molecule has 0 spiro atoms. The molecule has 2 saturated carbocycles. The van der Waals surface area contributed by atoms with Crippen LogP contribution in [0.15, 0.2) is 0 Å². The van der Waals surface area contributed by atoms with E-state index in [1.807, 2.05) is 0 Å². The monoisotopic (exact) mass is 194 g/mol. The van der Waals surface area contributed by atoms with Crippen molar-refractivity contribution in [2.45, 2.75) is 50.7 Å². The molecule has 2 nitrogen and oxygen atoms in total. The molecule has 2 aliphatic carbocycles. The van der Waals surface area contributed by atoms with Gasteiger partial charge in [-0.15, -0.1) is 0 Å². The molecule has 0 bridgehead atoms. The first-order valence-electron chi connectivity index (χ1n) is 5.41. The summed E-state index contributed by atoms with van der Waals surface area (Å²) in [5, 5.41) is 19.9. The number of aliphatic hydroxyl groups is 2. The van der Waals surface area contributed by atoms with Gasteiger partial charge in [0.1, 0.15) is 11.2 Å². The lowest BCUT2D eigenvalue weighted by Crippen LogP contribution is -2.29. The van der Waals surface area contributed by atoms with E-state index in [-0.39, 0.29) is 0 Å². The average molecular weight is 194 g/mol. The van der Waals surface area contributed by atoms with Crippen LogP contribution in [0, 0.1) is 23.7 Å². The summed E-state index contributed by atoms with van der Waals surface area (Å²) in [5.74, 6) is 6.32. The Labute approximate surface area is 85.3 Å². The third-order valence-corrected chi connectivity index (χ3v) is 3.31. The van der Waals surface area contributed by atoms with Crippen molar-refractivity contribution in [3.05, 3.63) is 0 Å². The molecule has 2 fully saturated rings. The molecule has 0 saturated heterocycles. The van der Waals surface area contributed by atoms with Crippen molar-refractivity contribution >= 4 is 0 Å². The third kappa shape index (κ3) is 2.10. The minimum Gasteiger partial charge on any atom is -0.378 e. The quantitative estimate of drug-likeness (QED) is 0.651. The Morgan fingerprint density at radius 1 is 0.857 bits per heavy atom. The highest BCUT2D eigenvalue weighted by molar-refractivity contribution is 5.24. The van der Waals surface area contributed by atoms with Gasteiger partial charge in [-0.25, -0.2) is 0 Å². The van der Waals surface area contributed by atoms with Crippen LogP contribution in [0.2, 0.25) is 0 Å². The number of rotatable bonds is 2. The topological polar surface area (TPSA) is 40.5 Å². The largest absolute Gasteiger partial charge is 0.378 e. The molecule has 0 aromatic heterocycles. The van der Waals surface area contributed by atoms with E-state index in [0.717, 1.165) is 25.7 Å². The SMILES string of the molecule is C[C@](O)(C#C[C@@](C)(O)C1CC1)C1CC1. The summed E-state index contributed by atoms with van der Waals surface area (Å²) in [6.45, 7) is 3.50. The molecule has 0 aromatic rings. The van der Waals surface area contributed by atoms with Crippen molar-refractivity contribution in [2.24, 2.45) is 11.8 Å². The fourth-order valence-electron chi connectivity index (χ4n) is 1.75. The predicted molar refractivity (Wildman–Crippen MR) is 54.5 cm³/mol. The van der Waals surface area contributed by atoms with Crippen LogP contribution in [0.1, 0.15) is 39.5 Å². The van der Waals surface area contributed by atoms with E-state index in [0.29, 0.717) is 11.8 Å². The molecule has 2 aliphatic rings. The molecule has 2 rings (SSSR count). The van der Waals surface area contributed by atoms with Gasteiger partial charge in [-0.05, 0) is 51.4 Å². The molecular weight excluding hydrogens is 176 g/mol. The van der Waals surface area contributed by atoms with Crippen LogP contribution >= 0.6 is 0 Å². The molecule has 0 unspecified atom stereocenters. The number of hydrogen-bond acceptors (Lipinski definition) is 2. The van der Waals surface area contributed by atoms with E-state index in [1.54, 1.807) is 13.8 Å². The summed E-state index contributed by atoms with van der Waals surface area (Å²) < 4.78 is 0. The highest BCUT2D eigenvalue weighted by atomic mass is 16.3. The fourth-order valence-corrected chi connectivity index (χ4v) is 1.75. The van der Waals surface area contributed by atoms with Gasteiger partial charge in [-0.1, -0.05) is 11.8 Å². The van der Waals surface area contributed by atoms with E-state index in [9.17, 15) is 10.2 Å². The molecule has 2 heteroatoms. The Hall–Kier alpha value is -0.520. The smallest absolute Gasteiger partial charge is 0.125 e. The van der Waals surface area contributed by atoms with Gasteiger partial charge in [0.15, 0.2) is 0 Å². The molecular formula is C12H18O2. The van der Waals surface area contributed by atoms with Crippen molar-refractivity contribution < 1.29 is 10.2 Å². The van der Waals surface area contributed by atoms with Crippen LogP contribution in [0.5, 0.6) is 0 Å². The van der Waals surface area contributed by atoms with Crippen molar-refractivity contribution in [3.8, 4) is 11.8 Å². The van der Waals surface area contributed by atoms with Gasteiger partial charge in [-0.2, -0.15) is 0 Å². The molecule has 0 heterocycles. The molecule has 2 N–H and O–H groups in total. The highest BCUT2D eigenvalue weighted by Crippen LogP contribution is 2.41. The first kappa shape index (κ1) is 10.0. The third-order valence-electron chi connectivity index (χ3n) is 3.31. The van der Waals surface area contributed by atoms with E-state index in [1.165, 1.54) is 0 Å². The average Bonchev–Trinajstić information content (AvgIpc) is 2.85. The minimum atomic E-state index is -0.890. The maximum atomic E-state index is 9.94. The zero-order chi connectivity index (χ0) is 10.4. The summed E-state index contributed by atoms with van der Waals surface area (Å²) in [6, 6.07) is 0. The van der Waals surface area contributed by atoms with Gasteiger partial charge < -0.3 is 10.2 Å².